The van der Waals surface area contributed by atoms with Crippen LogP contribution in [0.25, 0.3) is 0 Å². The van der Waals surface area contributed by atoms with Crippen LogP contribution < -0.4 is 5.32 Å². The summed E-state index contributed by atoms with van der Waals surface area (Å²) in [5, 5.41) is 2.94. The van der Waals surface area contributed by atoms with Crippen LogP contribution in [-0.4, -0.2) is 42.2 Å². The Balaban J connectivity index is 1.81. The minimum Gasteiger partial charge on any atom is -0.352 e. The van der Waals surface area contributed by atoms with E-state index < -0.39 is 0 Å². The zero-order chi connectivity index (χ0) is 14.5. The Morgan fingerprint density at radius 3 is 2.55 bits per heavy atom. The zero-order valence-corrected chi connectivity index (χ0v) is 12.8. The second-order valence-electron chi connectivity index (χ2n) is 5.30. The van der Waals surface area contributed by atoms with Crippen molar-refractivity contribution < 1.29 is 9.18 Å². The second-order valence-corrected chi connectivity index (χ2v) is 6.71. The summed E-state index contributed by atoms with van der Waals surface area (Å²) in [6, 6.07) is 6.54. The topological polar surface area (TPSA) is 32.3 Å². The fraction of sp³-hybridized carbons (Fsp3) is 0.533. The van der Waals surface area contributed by atoms with Crippen molar-refractivity contribution in [3.8, 4) is 0 Å². The van der Waals surface area contributed by atoms with Crippen LogP contribution in [0.1, 0.15) is 19.8 Å². The van der Waals surface area contributed by atoms with Crippen molar-refractivity contribution in [2.24, 2.45) is 0 Å². The van der Waals surface area contributed by atoms with Crippen molar-refractivity contribution in [1.29, 1.82) is 0 Å². The van der Waals surface area contributed by atoms with Crippen LogP contribution in [0.3, 0.4) is 0 Å². The van der Waals surface area contributed by atoms with Crippen LogP contribution in [0.2, 0.25) is 0 Å². The zero-order valence-electron chi connectivity index (χ0n) is 11.9. The van der Waals surface area contributed by atoms with Gasteiger partial charge in [-0.15, -0.1) is 11.8 Å². The van der Waals surface area contributed by atoms with Gasteiger partial charge in [-0.2, -0.15) is 0 Å². The van der Waals surface area contributed by atoms with E-state index in [4.69, 9.17) is 0 Å². The number of likely N-dealkylation sites (tertiary alicyclic amines) is 1. The number of piperidine rings is 1. The highest BCUT2D eigenvalue weighted by molar-refractivity contribution is 8.00. The van der Waals surface area contributed by atoms with Crippen LogP contribution >= 0.6 is 11.8 Å². The molecule has 1 N–H and O–H groups in total. The summed E-state index contributed by atoms with van der Waals surface area (Å²) in [7, 11) is 2.10. The Hall–Kier alpha value is -1.07. The fourth-order valence-corrected chi connectivity index (χ4v) is 3.12. The third-order valence-corrected chi connectivity index (χ3v) is 4.67. The van der Waals surface area contributed by atoms with Crippen molar-refractivity contribution in [2.45, 2.75) is 36.0 Å². The molecule has 1 amide bonds. The fourth-order valence-electron chi connectivity index (χ4n) is 2.24. The van der Waals surface area contributed by atoms with Gasteiger partial charge in [0.1, 0.15) is 5.82 Å². The Morgan fingerprint density at radius 1 is 1.35 bits per heavy atom. The molecule has 1 aromatic carbocycles. The van der Waals surface area contributed by atoms with Gasteiger partial charge < -0.3 is 10.2 Å². The van der Waals surface area contributed by atoms with Crippen LogP contribution in [0, 0.1) is 5.82 Å². The molecule has 0 saturated carbocycles. The first-order valence-electron chi connectivity index (χ1n) is 6.96. The number of carbonyl (C=O) groups is 1. The molecule has 20 heavy (non-hydrogen) atoms. The molecule has 5 heteroatoms. The van der Waals surface area contributed by atoms with Gasteiger partial charge in [-0.1, -0.05) is 0 Å². The van der Waals surface area contributed by atoms with E-state index in [9.17, 15) is 9.18 Å². The molecule has 1 saturated heterocycles. The number of nitrogens with one attached hydrogen (secondary N) is 1. The molecule has 0 aliphatic carbocycles. The average Bonchev–Trinajstić information content (AvgIpc) is 2.44. The van der Waals surface area contributed by atoms with Gasteiger partial charge in [0, 0.05) is 10.9 Å². The molecule has 1 heterocycles. The lowest BCUT2D eigenvalue weighted by Crippen LogP contribution is -2.45. The molecule has 0 bridgehead atoms. The summed E-state index contributed by atoms with van der Waals surface area (Å²) >= 11 is 1.46. The molecule has 1 aromatic rings. The second kappa shape index (κ2) is 7.09. The summed E-state index contributed by atoms with van der Waals surface area (Å²) in [6.07, 6.45) is 2.02. The molecule has 1 unspecified atom stereocenters. The lowest BCUT2D eigenvalue weighted by molar-refractivity contribution is -0.121. The first-order valence-corrected chi connectivity index (χ1v) is 7.83. The van der Waals surface area contributed by atoms with Gasteiger partial charge in [0.25, 0.3) is 0 Å². The van der Waals surface area contributed by atoms with E-state index in [2.05, 4.69) is 17.3 Å². The molecule has 2 rings (SSSR count). The quantitative estimate of drug-likeness (QED) is 0.867. The molecule has 0 aromatic heterocycles. The van der Waals surface area contributed by atoms with Gasteiger partial charge in [0.2, 0.25) is 5.91 Å². The number of hydrogen-bond acceptors (Lipinski definition) is 3. The normalized spacial score (nSPS) is 18.8. The minimum atomic E-state index is -0.252. The molecular formula is C15H21FN2OS. The molecule has 0 radical (unpaired) electrons. The highest BCUT2D eigenvalue weighted by atomic mass is 32.2. The molecule has 1 atom stereocenters. The number of halogens is 1. The SMILES string of the molecule is CC(Sc1ccc(F)cc1)C(=O)NC1CCN(C)CC1. The first-order chi connectivity index (χ1) is 9.54. The summed E-state index contributed by atoms with van der Waals surface area (Å²) < 4.78 is 12.8. The largest absolute Gasteiger partial charge is 0.352 e. The Labute approximate surface area is 123 Å². The predicted octanol–water partition coefficient (Wildman–Crippen LogP) is 2.52. The standard InChI is InChI=1S/C15H21FN2OS/c1-11(20-14-5-3-12(16)4-6-14)15(19)17-13-7-9-18(2)10-8-13/h3-6,11,13H,7-10H2,1-2H3,(H,17,19). The number of thioether (sulfide) groups is 1. The summed E-state index contributed by atoms with van der Waals surface area (Å²) in [5.41, 5.74) is 0. The third kappa shape index (κ3) is 4.49. The molecule has 1 fully saturated rings. The highest BCUT2D eigenvalue weighted by Gasteiger charge is 2.21. The van der Waals surface area contributed by atoms with E-state index in [0.29, 0.717) is 0 Å². The number of benzene rings is 1. The Morgan fingerprint density at radius 2 is 1.95 bits per heavy atom. The summed E-state index contributed by atoms with van der Waals surface area (Å²) in [5.74, 6) is -0.188. The number of nitrogens with zero attached hydrogens (tertiary/aromatic N) is 1. The first kappa shape index (κ1) is 15.3. The number of carbonyl (C=O) groups excluding carboxylic acids is 1. The van der Waals surface area contributed by atoms with Gasteiger partial charge in [-0.3, -0.25) is 4.79 Å². The lowest BCUT2D eigenvalue weighted by Gasteiger charge is -2.30. The van der Waals surface area contributed by atoms with E-state index in [1.54, 1.807) is 12.1 Å². The monoisotopic (exact) mass is 296 g/mol. The lowest BCUT2D eigenvalue weighted by atomic mass is 10.1. The van der Waals surface area contributed by atoms with Crippen LogP contribution in [0.15, 0.2) is 29.2 Å². The molecule has 1 aliphatic heterocycles. The maximum absolute atomic E-state index is 12.8. The smallest absolute Gasteiger partial charge is 0.233 e. The predicted molar refractivity (Wildman–Crippen MR) is 80.4 cm³/mol. The van der Waals surface area contributed by atoms with Crippen LogP contribution in [0.4, 0.5) is 4.39 Å². The van der Waals surface area contributed by atoms with Gasteiger partial charge in [0.15, 0.2) is 0 Å². The maximum Gasteiger partial charge on any atom is 0.233 e. The van der Waals surface area contributed by atoms with E-state index in [0.717, 1.165) is 30.8 Å². The van der Waals surface area contributed by atoms with Gasteiger partial charge in [0.05, 0.1) is 5.25 Å². The summed E-state index contributed by atoms with van der Waals surface area (Å²) in [4.78, 5) is 15.3. The summed E-state index contributed by atoms with van der Waals surface area (Å²) in [6.45, 7) is 3.95. The molecule has 110 valence electrons. The molecular weight excluding hydrogens is 275 g/mol. The van der Waals surface area contributed by atoms with Gasteiger partial charge in [-0.05, 0) is 64.2 Å². The number of hydrogen-bond donors (Lipinski definition) is 1. The van der Waals surface area contributed by atoms with E-state index >= 15 is 0 Å². The number of rotatable bonds is 4. The average molecular weight is 296 g/mol. The molecule has 0 spiro atoms. The van der Waals surface area contributed by atoms with Crippen molar-refractivity contribution in [3.05, 3.63) is 30.1 Å². The van der Waals surface area contributed by atoms with E-state index in [-0.39, 0.29) is 23.0 Å². The third-order valence-electron chi connectivity index (χ3n) is 3.56. The van der Waals surface area contributed by atoms with Gasteiger partial charge >= 0.3 is 0 Å². The minimum absolute atomic E-state index is 0.0638. The van der Waals surface area contributed by atoms with Crippen LogP contribution in [0.5, 0.6) is 0 Å². The van der Waals surface area contributed by atoms with Crippen LogP contribution in [-0.2, 0) is 4.79 Å². The maximum atomic E-state index is 12.8. The van der Waals surface area contributed by atoms with Gasteiger partial charge in [-0.25, -0.2) is 4.39 Å². The van der Waals surface area contributed by atoms with Crippen molar-refractivity contribution >= 4 is 17.7 Å². The van der Waals surface area contributed by atoms with Crippen molar-refractivity contribution in [2.75, 3.05) is 20.1 Å². The van der Waals surface area contributed by atoms with E-state index in [1.807, 2.05) is 6.92 Å². The highest BCUT2D eigenvalue weighted by Crippen LogP contribution is 2.23. The van der Waals surface area contributed by atoms with E-state index in [1.165, 1.54) is 23.9 Å². The molecule has 3 nitrogen and oxygen atoms in total. The molecule has 1 aliphatic rings. The van der Waals surface area contributed by atoms with Crippen molar-refractivity contribution in [1.82, 2.24) is 10.2 Å². The Bertz CT molecular complexity index is 444. The van der Waals surface area contributed by atoms with Crippen molar-refractivity contribution in [3.63, 3.8) is 0 Å². The Kier molecular flexibility index (Phi) is 5.43. The number of amides is 1.